The predicted molar refractivity (Wildman–Crippen MR) is 87.5 cm³/mol. The molecule has 0 saturated heterocycles. The first-order chi connectivity index (χ1) is 11.8. The summed E-state index contributed by atoms with van der Waals surface area (Å²) in [6.45, 7) is 0.528. The van der Waals surface area contributed by atoms with E-state index in [1.807, 2.05) is 28.8 Å². The summed E-state index contributed by atoms with van der Waals surface area (Å²) in [5.41, 5.74) is 0.412. The van der Waals surface area contributed by atoms with Gasteiger partial charge in [-0.15, -0.1) is 15.3 Å². The highest BCUT2D eigenvalue weighted by Crippen LogP contribution is 2.17. The number of hydrogen-bond acceptors (Lipinski definition) is 7. The Kier molecular flexibility index (Phi) is 3.83. The molecule has 24 heavy (non-hydrogen) atoms. The van der Waals surface area contributed by atoms with Crippen LogP contribution < -0.4 is 5.56 Å². The molecular weight excluding hydrogens is 328 g/mol. The highest BCUT2D eigenvalue weighted by molar-refractivity contribution is 7.98. The van der Waals surface area contributed by atoms with Gasteiger partial charge in [-0.3, -0.25) is 4.79 Å². The fraction of sp³-hybridized carbons (Fsp3) is 0.133. The molecule has 4 rings (SSSR count). The molecule has 0 fully saturated rings. The Bertz CT molecular complexity index is 1020. The smallest absolute Gasteiger partial charge is 0.278 e. The molecule has 0 radical (unpaired) electrons. The number of rotatable bonds is 5. The topological polar surface area (TPSA) is 91.6 Å². The van der Waals surface area contributed by atoms with Crippen molar-refractivity contribution in [3.05, 3.63) is 65.1 Å². The quantitative estimate of drug-likeness (QED) is 0.511. The van der Waals surface area contributed by atoms with Gasteiger partial charge in [-0.2, -0.15) is 4.68 Å². The zero-order chi connectivity index (χ0) is 16.4. The van der Waals surface area contributed by atoms with Gasteiger partial charge in [-0.05, 0) is 24.3 Å². The highest BCUT2D eigenvalue weighted by atomic mass is 32.2. The first kappa shape index (κ1) is 14.6. The maximum absolute atomic E-state index is 12.4. The van der Waals surface area contributed by atoms with Crippen LogP contribution in [0.5, 0.6) is 0 Å². The Balaban J connectivity index is 1.55. The first-order valence-corrected chi connectivity index (χ1v) is 8.15. The molecule has 0 aliphatic rings. The first-order valence-electron chi connectivity index (χ1n) is 7.17. The average Bonchev–Trinajstić information content (AvgIpc) is 3.27. The molecule has 0 saturated carbocycles. The minimum absolute atomic E-state index is 0.176. The number of fused-ring (bicyclic) bond motifs is 1. The second kappa shape index (κ2) is 6.28. The molecule has 0 aliphatic carbocycles. The second-order valence-corrected chi connectivity index (χ2v) is 5.92. The molecule has 8 nitrogen and oxygen atoms in total. The molecule has 9 heteroatoms. The summed E-state index contributed by atoms with van der Waals surface area (Å²) in [7, 11) is 0. The molecule has 0 aliphatic heterocycles. The van der Waals surface area contributed by atoms with Gasteiger partial charge in [-0.25, -0.2) is 0 Å². The maximum Gasteiger partial charge on any atom is 0.278 e. The van der Waals surface area contributed by atoms with Crippen LogP contribution in [0.25, 0.3) is 10.9 Å². The summed E-state index contributed by atoms with van der Waals surface area (Å²) >= 11 is 1.36. The zero-order valence-electron chi connectivity index (χ0n) is 12.4. The third-order valence-corrected chi connectivity index (χ3v) is 4.38. The van der Waals surface area contributed by atoms with E-state index in [1.54, 1.807) is 24.7 Å². The number of aromatic nitrogens is 6. The highest BCUT2D eigenvalue weighted by Gasteiger charge is 2.10. The van der Waals surface area contributed by atoms with E-state index in [4.69, 9.17) is 4.42 Å². The van der Waals surface area contributed by atoms with E-state index < -0.39 is 0 Å². The van der Waals surface area contributed by atoms with Crippen molar-refractivity contribution < 1.29 is 4.42 Å². The number of thioether (sulfide) groups is 1. The molecule has 4 aromatic rings. The van der Waals surface area contributed by atoms with Gasteiger partial charge < -0.3 is 8.98 Å². The zero-order valence-corrected chi connectivity index (χ0v) is 13.3. The molecule has 3 aromatic heterocycles. The fourth-order valence-corrected chi connectivity index (χ4v) is 3.05. The van der Waals surface area contributed by atoms with Crippen molar-refractivity contribution in [2.75, 3.05) is 0 Å². The number of hydrogen-bond donors (Lipinski definition) is 0. The van der Waals surface area contributed by atoms with Gasteiger partial charge in [-0.1, -0.05) is 29.1 Å². The molecule has 0 N–H and O–H groups in total. The molecule has 1 aromatic carbocycles. The standard InChI is InChI=1S/C15H12N6O2S/c22-14-12-5-1-2-6-13(12)17-19-21(14)10-24-15-18-16-9-20(15)8-11-4-3-7-23-11/h1-7,9H,8,10H2. The maximum atomic E-state index is 12.4. The van der Waals surface area contributed by atoms with Crippen LogP contribution in [0.2, 0.25) is 0 Å². The van der Waals surface area contributed by atoms with E-state index in [0.717, 1.165) is 5.76 Å². The van der Waals surface area contributed by atoms with E-state index in [1.165, 1.54) is 16.4 Å². The van der Waals surface area contributed by atoms with Crippen LogP contribution in [0.4, 0.5) is 0 Å². The minimum Gasteiger partial charge on any atom is -0.467 e. The summed E-state index contributed by atoms with van der Waals surface area (Å²) in [6.07, 6.45) is 3.25. The summed E-state index contributed by atoms with van der Waals surface area (Å²) in [5, 5.41) is 17.2. The predicted octanol–water partition coefficient (Wildman–Crippen LogP) is 1.77. The fourth-order valence-electron chi connectivity index (χ4n) is 2.26. The molecule has 0 atom stereocenters. The van der Waals surface area contributed by atoms with E-state index in [0.29, 0.717) is 28.5 Å². The largest absolute Gasteiger partial charge is 0.467 e. The van der Waals surface area contributed by atoms with Crippen LogP contribution in [-0.4, -0.2) is 29.8 Å². The monoisotopic (exact) mass is 340 g/mol. The van der Waals surface area contributed by atoms with Crippen LogP contribution in [0, 0.1) is 0 Å². The lowest BCUT2D eigenvalue weighted by molar-refractivity contribution is 0.484. The van der Waals surface area contributed by atoms with Gasteiger partial charge >= 0.3 is 0 Å². The lowest BCUT2D eigenvalue weighted by Crippen LogP contribution is -2.23. The number of nitrogens with zero attached hydrogens (tertiary/aromatic N) is 6. The van der Waals surface area contributed by atoms with Gasteiger partial charge in [0.25, 0.3) is 5.56 Å². The summed E-state index contributed by atoms with van der Waals surface area (Å²) in [6, 6.07) is 10.9. The van der Waals surface area contributed by atoms with E-state index in [2.05, 4.69) is 20.5 Å². The summed E-state index contributed by atoms with van der Waals surface area (Å²) < 4.78 is 8.50. The summed E-state index contributed by atoms with van der Waals surface area (Å²) in [4.78, 5) is 12.4. The molecule has 0 bridgehead atoms. The number of furan rings is 1. The van der Waals surface area contributed by atoms with Crippen molar-refractivity contribution in [2.24, 2.45) is 0 Å². The second-order valence-electron chi connectivity index (χ2n) is 5.01. The van der Waals surface area contributed by atoms with Crippen molar-refractivity contribution in [1.82, 2.24) is 29.8 Å². The third kappa shape index (κ3) is 2.81. The molecule has 0 unspecified atom stereocenters. The third-order valence-electron chi connectivity index (χ3n) is 3.43. The van der Waals surface area contributed by atoms with Gasteiger partial charge in [0.1, 0.15) is 17.6 Å². The van der Waals surface area contributed by atoms with Crippen molar-refractivity contribution >= 4 is 22.7 Å². The summed E-state index contributed by atoms with van der Waals surface area (Å²) in [5.74, 6) is 1.10. The van der Waals surface area contributed by atoms with Crippen molar-refractivity contribution in [3.8, 4) is 0 Å². The van der Waals surface area contributed by atoms with Crippen molar-refractivity contribution in [3.63, 3.8) is 0 Å². The molecule has 3 heterocycles. The SMILES string of the molecule is O=c1c2ccccc2nnn1CSc1nncn1Cc1ccco1. The van der Waals surface area contributed by atoms with Crippen LogP contribution in [0.3, 0.4) is 0 Å². The molecule has 120 valence electrons. The average molecular weight is 340 g/mol. The lowest BCUT2D eigenvalue weighted by Gasteiger charge is -2.06. The van der Waals surface area contributed by atoms with Crippen LogP contribution in [-0.2, 0) is 12.4 Å². The van der Waals surface area contributed by atoms with Gasteiger partial charge in [0.05, 0.1) is 24.1 Å². The number of benzene rings is 1. The Morgan fingerprint density at radius 1 is 1.12 bits per heavy atom. The van der Waals surface area contributed by atoms with E-state index in [9.17, 15) is 4.79 Å². The van der Waals surface area contributed by atoms with Crippen LogP contribution in [0.15, 0.2) is 63.4 Å². The molecular formula is C15H12N6O2S. The van der Waals surface area contributed by atoms with Gasteiger partial charge in [0.2, 0.25) is 0 Å². The van der Waals surface area contributed by atoms with Crippen LogP contribution >= 0.6 is 11.8 Å². The molecule has 0 amide bonds. The van der Waals surface area contributed by atoms with E-state index in [-0.39, 0.29) is 5.56 Å². The van der Waals surface area contributed by atoms with Crippen molar-refractivity contribution in [1.29, 1.82) is 0 Å². The van der Waals surface area contributed by atoms with E-state index >= 15 is 0 Å². The Morgan fingerprint density at radius 3 is 2.92 bits per heavy atom. The Labute approximate surface area is 140 Å². The Morgan fingerprint density at radius 2 is 2.04 bits per heavy atom. The normalized spacial score (nSPS) is 11.2. The lowest BCUT2D eigenvalue weighted by atomic mass is 10.2. The van der Waals surface area contributed by atoms with Crippen LogP contribution in [0.1, 0.15) is 5.76 Å². The molecule has 0 spiro atoms. The van der Waals surface area contributed by atoms with Crippen molar-refractivity contribution in [2.45, 2.75) is 17.6 Å². The minimum atomic E-state index is -0.176. The Hall–Kier alpha value is -2.94. The van der Waals surface area contributed by atoms with Gasteiger partial charge in [0.15, 0.2) is 5.16 Å². The van der Waals surface area contributed by atoms with Gasteiger partial charge in [0, 0.05) is 0 Å².